The third-order valence-corrected chi connectivity index (χ3v) is 4.10. The molecule has 2 aliphatic rings. The van der Waals surface area contributed by atoms with Crippen molar-refractivity contribution in [2.24, 2.45) is 5.92 Å². The molecule has 3 heteroatoms. The summed E-state index contributed by atoms with van der Waals surface area (Å²) < 4.78 is 0. The summed E-state index contributed by atoms with van der Waals surface area (Å²) in [5, 5.41) is 13.3. The Morgan fingerprint density at radius 3 is 2.69 bits per heavy atom. The van der Waals surface area contributed by atoms with Crippen LogP contribution in [0.25, 0.3) is 0 Å². The Morgan fingerprint density at radius 2 is 2.06 bits per heavy atom. The highest BCUT2D eigenvalue weighted by Crippen LogP contribution is 2.22. The van der Waals surface area contributed by atoms with Crippen molar-refractivity contribution in [3.63, 3.8) is 0 Å². The van der Waals surface area contributed by atoms with Gasteiger partial charge in [-0.05, 0) is 58.5 Å². The monoisotopic (exact) mass is 226 g/mol. The number of aliphatic hydroxyl groups is 1. The minimum absolute atomic E-state index is 0.213. The van der Waals surface area contributed by atoms with Crippen molar-refractivity contribution >= 4 is 0 Å². The van der Waals surface area contributed by atoms with Gasteiger partial charge in [0.15, 0.2) is 0 Å². The maximum Gasteiger partial charge on any atom is 0.0664 e. The largest absolute Gasteiger partial charge is 0.392 e. The second-order valence-electron chi connectivity index (χ2n) is 5.67. The summed E-state index contributed by atoms with van der Waals surface area (Å²) in [6, 6.07) is 1.13. The first-order chi connectivity index (χ1) is 7.66. The molecule has 0 aromatic rings. The molecular weight excluding hydrogens is 200 g/mol. The van der Waals surface area contributed by atoms with Gasteiger partial charge in [0.2, 0.25) is 0 Å². The minimum Gasteiger partial charge on any atom is -0.392 e. The van der Waals surface area contributed by atoms with Crippen LogP contribution in [-0.4, -0.2) is 47.8 Å². The molecule has 1 aliphatic heterocycles. The van der Waals surface area contributed by atoms with E-state index in [2.05, 4.69) is 17.1 Å². The van der Waals surface area contributed by atoms with Gasteiger partial charge in [0, 0.05) is 18.6 Å². The normalized spacial score (nSPS) is 31.3. The summed E-state index contributed by atoms with van der Waals surface area (Å²) in [6.07, 6.45) is 5.17. The Labute approximate surface area is 99.2 Å². The molecule has 3 atom stereocenters. The summed E-state index contributed by atoms with van der Waals surface area (Å²) in [4.78, 5) is 2.45. The van der Waals surface area contributed by atoms with Crippen molar-refractivity contribution in [1.82, 2.24) is 10.2 Å². The molecule has 1 saturated heterocycles. The zero-order valence-corrected chi connectivity index (χ0v) is 10.7. The molecule has 1 aliphatic carbocycles. The lowest BCUT2D eigenvalue weighted by Gasteiger charge is -2.38. The van der Waals surface area contributed by atoms with Crippen LogP contribution in [0, 0.1) is 5.92 Å². The Kier molecular flexibility index (Phi) is 4.22. The van der Waals surface area contributed by atoms with E-state index in [1.807, 2.05) is 6.92 Å². The Morgan fingerprint density at radius 1 is 1.31 bits per heavy atom. The second kappa shape index (κ2) is 5.48. The molecule has 16 heavy (non-hydrogen) atoms. The van der Waals surface area contributed by atoms with Crippen LogP contribution in [0.5, 0.6) is 0 Å². The van der Waals surface area contributed by atoms with Crippen LogP contribution in [0.2, 0.25) is 0 Å². The molecular formula is C13H26N2O. The van der Waals surface area contributed by atoms with E-state index < -0.39 is 0 Å². The zero-order valence-electron chi connectivity index (χ0n) is 10.7. The highest BCUT2D eigenvalue weighted by molar-refractivity contribution is 4.85. The third kappa shape index (κ3) is 3.44. The molecule has 0 radical (unpaired) electrons. The number of hydrogen-bond acceptors (Lipinski definition) is 3. The van der Waals surface area contributed by atoms with E-state index in [1.165, 1.54) is 32.2 Å². The van der Waals surface area contributed by atoms with Gasteiger partial charge in [-0.3, -0.25) is 4.90 Å². The van der Waals surface area contributed by atoms with Gasteiger partial charge < -0.3 is 10.4 Å². The van der Waals surface area contributed by atoms with E-state index in [-0.39, 0.29) is 6.10 Å². The van der Waals surface area contributed by atoms with Crippen LogP contribution in [0.15, 0.2) is 0 Å². The van der Waals surface area contributed by atoms with Crippen LogP contribution in [0.1, 0.15) is 39.5 Å². The van der Waals surface area contributed by atoms with Crippen molar-refractivity contribution in [3.05, 3.63) is 0 Å². The number of likely N-dealkylation sites (tertiary alicyclic amines) is 1. The lowest BCUT2D eigenvalue weighted by Crippen LogP contribution is -2.47. The van der Waals surface area contributed by atoms with Crippen molar-refractivity contribution in [1.29, 1.82) is 0 Å². The van der Waals surface area contributed by atoms with Crippen molar-refractivity contribution in [2.45, 2.75) is 57.7 Å². The molecule has 2 fully saturated rings. The quantitative estimate of drug-likeness (QED) is 0.740. The zero-order chi connectivity index (χ0) is 11.5. The number of piperidine rings is 1. The molecule has 2 rings (SSSR count). The second-order valence-corrected chi connectivity index (χ2v) is 5.67. The summed E-state index contributed by atoms with van der Waals surface area (Å²) in [6.45, 7) is 7.53. The molecule has 0 bridgehead atoms. The number of nitrogens with one attached hydrogen (secondary N) is 1. The van der Waals surface area contributed by atoms with Crippen molar-refractivity contribution < 1.29 is 5.11 Å². The fraction of sp³-hybridized carbons (Fsp3) is 1.00. The van der Waals surface area contributed by atoms with Crippen molar-refractivity contribution in [3.8, 4) is 0 Å². The van der Waals surface area contributed by atoms with Crippen molar-refractivity contribution in [2.75, 3.05) is 19.6 Å². The number of rotatable bonds is 5. The van der Waals surface area contributed by atoms with Gasteiger partial charge in [-0.1, -0.05) is 0 Å². The number of hydrogen-bond donors (Lipinski definition) is 2. The molecule has 2 N–H and O–H groups in total. The van der Waals surface area contributed by atoms with Crippen LogP contribution in [0.4, 0.5) is 0 Å². The summed E-state index contributed by atoms with van der Waals surface area (Å²) in [5.41, 5.74) is 0. The fourth-order valence-corrected chi connectivity index (χ4v) is 2.56. The van der Waals surface area contributed by atoms with Gasteiger partial charge >= 0.3 is 0 Å². The van der Waals surface area contributed by atoms with Gasteiger partial charge in [-0.2, -0.15) is 0 Å². The molecule has 3 unspecified atom stereocenters. The molecule has 1 heterocycles. The first-order valence-corrected chi connectivity index (χ1v) is 6.82. The van der Waals surface area contributed by atoms with Gasteiger partial charge in [0.1, 0.15) is 0 Å². The fourth-order valence-electron chi connectivity index (χ4n) is 2.56. The Bertz CT molecular complexity index is 216. The Balaban J connectivity index is 1.73. The minimum atomic E-state index is -0.213. The molecule has 0 aromatic heterocycles. The van der Waals surface area contributed by atoms with Gasteiger partial charge in [0.25, 0.3) is 0 Å². The smallest absolute Gasteiger partial charge is 0.0664 e. The molecule has 94 valence electrons. The highest BCUT2D eigenvalue weighted by Gasteiger charge is 2.27. The van der Waals surface area contributed by atoms with Crippen LogP contribution in [0.3, 0.4) is 0 Å². The van der Waals surface area contributed by atoms with E-state index in [0.717, 1.165) is 25.0 Å². The molecule has 0 spiro atoms. The summed E-state index contributed by atoms with van der Waals surface area (Å²) in [7, 11) is 0. The first kappa shape index (κ1) is 12.3. The lowest BCUT2D eigenvalue weighted by atomic mass is 9.96. The van der Waals surface area contributed by atoms with Gasteiger partial charge in [-0.25, -0.2) is 0 Å². The lowest BCUT2D eigenvalue weighted by molar-refractivity contribution is 0.0432. The maximum absolute atomic E-state index is 9.63. The molecule has 0 amide bonds. The van der Waals surface area contributed by atoms with Gasteiger partial charge in [-0.15, -0.1) is 0 Å². The average Bonchev–Trinajstić information content (AvgIpc) is 3.09. The van der Waals surface area contributed by atoms with Crippen LogP contribution < -0.4 is 5.32 Å². The topological polar surface area (TPSA) is 35.5 Å². The van der Waals surface area contributed by atoms with Gasteiger partial charge in [0.05, 0.1) is 6.10 Å². The third-order valence-electron chi connectivity index (χ3n) is 4.10. The predicted molar refractivity (Wildman–Crippen MR) is 66.5 cm³/mol. The van der Waals surface area contributed by atoms with E-state index in [1.54, 1.807) is 0 Å². The standard InChI is InChI=1S/C13H26N2O/c1-10(11(2)16)15-7-3-4-12(9-15)8-14-13-5-6-13/h10-14,16H,3-9H2,1-2H3. The molecule has 1 saturated carbocycles. The highest BCUT2D eigenvalue weighted by atomic mass is 16.3. The number of aliphatic hydroxyl groups excluding tert-OH is 1. The average molecular weight is 226 g/mol. The Hall–Kier alpha value is -0.120. The summed E-state index contributed by atoms with van der Waals surface area (Å²) >= 11 is 0. The van der Waals surface area contributed by atoms with E-state index in [0.29, 0.717) is 6.04 Å². The van der Waals surface area contributed by atoms with Crippen LogP contribution >= 0.6 is 0 Å². The van der Waals surface area contributed by atoms with E-state index in [9.17, 15) is 5.11 Å². The SMILES string of the molecule is CC(O)C(C)N1CCCC(CNC2CC2)C1. The molecule has 0 aromatic carbocycles. The van der Waals surface area contributed by atoms with E-state index >= 15 is 0 Å². The van der Waals surface area contributed by atoms with E-state index in [4.69, 9.17) is 0 Å². The van der Waals surface area contributed by atoms with Crippen LogP contribution in [-0.2, 0) is 0 Å². The maximum atomic E-state index is 9.63. The number of nitrogens with zero attached hydrogens (tertiary/aromatic N) is 1. The first-order valence-electron chi connectivity index (χ1n) is 6.82. The molecule has 3 nitrogen and oxygen atoms in total. The summed E-state index contributed by atoms with van der Waals surface area (Å²) in [5.74, 6) is 0.788. The predicted octanol–water partition coefficient (Wildman–Crippen LogP) is 1.22.